The molecule has 0 aromatic carbocycles. The molecule has 0 radical (unpaired) electrons. The van der Waals surface area contributed by atoms with Crippen LogP contribution in [0, 0.1) is 0 Å². The van der Waals surface area contributed by atoms with Gasteiger partial charge in [0.15, 0.2) is 0 Å². The number of rotatable bonds is 2. The van der Waals surface area contributed by atoms with Crippen LogP contribution >= 0.6 is 0 Å². The van der Waals surface area contributed by atoms with Crippen LogP contribution in [0.3, 0.4) is 0 Å². The Hall–Kier alpha value is -0.303. The van der Waals surface area contributed by atoms with Crippen LogP contribution in [0.25, 0.3) is 0 Å². The molecule has 0 N–H and O–H groups in total. The molecule has 0 saturated carbocycles. The molecule has 0 unspecified atom stereocenters. The van der Waals surface area contributed by atoms with E-state index in [-0.39, 0.29) is 0 Å². The zero-order valence-electron chi connectivity index (χ0n) is 6.86. The summed E-state index contributed by atoms with van der Waals surface area (Å²) in [5, 5.41) is 1.51. The molecule has 0 saturated heterocycles. The fraction of sp³-hybridized carbons (Fsp3) is 0.500. The average Bonchev–Trinajstić information content (AvgIpc) is 1.86. The minimum Gasteiger partial charge on any atom is -0.107 e. The lowest BCUT2D eigenvalue weighted by molar-refractivity contribution is 1.51. The predicted molar refractivity (Wildman–Crippen MR) is 47.1 cm³/mol. The molecule has 0 atom stereocenters. The maximum Gasteiger partial charge on any atom is 0.0976 e. The first-order chi connectivity index (χ1) is 4.04. The van der Waals surface area contributed by atoms with Crippen LogP contribution in [0.5, 0.6) is 0 Å². The van der Waals surface area contributed by atoms with Crippen molar-refractivity contribution in [1.82, 2.24) is 0 Å². The lowest BCUT2D eigenvalue weighted by Crippen LogP contribution is -2.24. The van der Waals surface area contributed by atoms with Crippen molar-refractivity contribution in [3.63, 3.8) is 0 Å². The van der Waals surface area contributed by atoms with Gasteiger partial charge in [-0.15, -0.1) is 6.58 Å². The number of hydrogen-bond acceptors (Lipinski definition) is 0. The van der Waals surface area contributed by atoms with Crippen LogP contribution in [0.15, 0.2) is 23.6 Å². The van der Waals surface area contributed by atoms with E-state index < -0.39 is 8.07 Å². The van der Waals surface area contributed by atoms with Gasteiger partial charge in [-0.2, -0.15) is 0 Å². The average molecular weight is 140 g/mol. The van der Waals surface area contributed by atoms with E-state index in [1.54, 1.807) is 0 Å². The molecule has 0 nitrogen and oxygen atoms in total. The van der Waals surface area contributed by atoms with Gasteiger partial charge in [0.25, 0.3) is 0 Å². The van der Waals surface area contributed by atoms with Gasteiger partial charge in [0.2, 0.25) is 0 Å². The largest absolute Gasteiger partial charge is 0.107 e. The fourth-order valence-corrected chi connectivity index (χ4v) is 1.60. The minimum atomic E-state index is -1.16. The van der Waals surface area contributed by atoms with Gasteiger partial charge in [-0.05, 0) is 13.8 Å². The minimum absolute atomic E-state index is 1.16. The molecule has 0 aliphatic carbocycles. The molecule has 0 bridgehead atoms. The van der Waals surface area contributed by atoms with Crippen molar-refractivity contribution in [2.45, 2.75) is 26.9 Å². The van der Waals surface area contributed by atoms with Crippen molar-refractivity contribution in [1.29, 1.82) is 0 Å². The Bertz CT molecular complexity index is 132. The Balaban J connectivity index is 4.32. The molecule has 0 aliphatic rings. The van der Waals surface area contributed by atoms with Gasteiger partial charge in [-0.3, -0.25) is 0 Å². The van der Waals surface area contributed by atoms with Crippen molar-refractivity contribution in [3.8, 4) is 0 Å². The van der Waals surface area contributed by atoms with Gasteiger partial charge in [-0.1, -0.05) is 30.1 Å². The fourth-order valence-electron chi connectivity index (χ4n) is 0.533. The highest BCUT2D eigenvalue weighted by atomic mass is 28.3. The van der Waals surface area contributed by atoms with E-state index in [1.165, 1.54) is 5.20 Å². The second-order valence-corrected chi connectivity index (χ2v) is 7.54. The van der Waals surface area contributed by atoms with Crippen LogP contribution in [-0.2, 0) is 0 Å². The molecule has 0 heterocycles. The molecule has 0 rings (SSSR count). The zero-order valence-corrected chi connectivity index (χ0v) is 7.86. The van der Waals surface area contributed by atoms with E-state index in [0.29, 0.717) is 0 Å². The summed E-state index contributed by atoms with van der Waals surface area (Å²) in [7, 11) is -1.16. The first-order valence-electron chi connectivity index (χ1n) is 3.31. The smallest absolute Gasteiger partial charge is 0.0976 e. The summed E-state index contributed by atoms with van der Waals surface area (Å²) in [5.41, 5.74) is 2.11. The van der Waals surface area contributed by atoms with E-state index >= 15 is 0 Å². The topological polar surface area (TPSA) is 0 Å². The summed E-state index contributed by atoms with van der Waals surface area (Å²) < 4.78 is 0. The van der Waals surface area contributed by atoms with E-state index in [0.717, 1.165) is 0 Å². The van der Waals surface area contributed by atoms with E-state index in [4.69, 9.17) is 0 Å². The lowest BCUT2D eigenvalue weighted by atomic mass is 10.6. The van der Waals surface area contributed by atoms with Crippen LogP contribution in [0.1, 0.15) is 13.8 Å². The van der Waals surface area contributed by atoms with Crippen LogP contribution in [0.4, 0.5) is 0 Å². The lowest BCUT2D eigenvalue weighted by Gasteiger charge is -2.17. The van der Waals surface area contributed by atoms with Crippen molar-refractivity contribution in [2.24, 2.45) is 0 Å². The SMILES string of the molecule is C=C[Si](C)(C)C(C)=CC. The van der Waals surface area contributed by atoms with Gasteiger partial charge in [0.1, 0.15) is 0 Å². The van der Waals surface area contributed by atoms with E-state index in [9.17, 15) is 0 Å². The Kier molecular flexibility index (Phi) is 2.92. The standard InChI is InChI=1S/C8H16Si/c1-6-8(3)9(4,5)7-2/h6-7H,2H2,1,3-5H3. The maximum atomic E-state index is 3.82. The third-order valence-corrected chi connectivity index (χ3v) is 5.30. The second-order valence-electron chi connectivity index (χ2n) is 2.90. The first kappa shape index (κ1) is 8.70. The quantitative estimate of drug-likeness (QED) is 0.517. The van der Waals surface area contributed by atoms with Gasteiger partial charge in [0, 0.05) is 0 Å². The third-order valence-electron chi connectivity index (χ3n) is 1.96. The maximum absolute atomic E-state index is 3.82. The summed E-state index contributed by atoms with van der Waals surface area (Å²) in [4.78, 5) is 0. The Morgan fingerprint density at radius 1 is 1.44 bits per heavy atom. The summed E-state index contributed by atoms with van der Waals surface area (Å²) in [5.74, 6) is 0. The summed E-state index contributed by atoms with van der Waals surface area (Å²) >= 11 is 0. The number of hydrogen-bond donors (Lipinski definition) is 0. The predicted octanol–water partition coefficient (Wildman–Crippen LogP) is 2.93. The molecular weight excluding hydrogens is 124 g/mol. The normalized spacial score (nSPS) is 13.6. The van der Waals surface area contributed by atoms with Crippen LogP contribution < -0.4 is 0 Å². The van der Waals surface area contributed by atoms with Crippen molar-refractivity contribution in [3.05, 3.63) is 23.6 Å². The molecule has 0 amide bonds. The highest BCUT2D eigenvalue weighted by Crippen LogP contribution is 2.13. The van der Waals surface area contributed by atoms with Gasteiger partial charge < -0.3 is 0 Å². The Morgan fingerprint density at radius 3 is 2.00 bits per heavy atom. The molecule has 1 heteroatoms. The van der Waals surface area contributed by atoms with Crippen molar-refractivity contribution in [2.75, 3.05) is 0 Å². The summed E-state index contributed by atoms with van der Waals surface area (Å²) in [6.45, 7) is 12.7. The molecule has 0 spiro atoms. The molecule has 9 heavy (non-hydrogen) atoms. The molecule has 0 aromatic rings. The zero-order chi connectivity index (χ0) is 7.49. The number of allylic oxidation sites excluding steroid dienone is 2. The van der Waals surface area contributed by atoms with Crippen LogP contribution in [0.2, 0.25) is 13.1 Å². The van der Waals surface area contributed by atoms with Gasteiger partial charge in [-0.25, -0.2) is 0 Å². The molecule has 0 aliphatic heterocycles. The van der Waals surface area contributed by atoms with Gasteiger partial charge in [0.05, 0.1) is 8.07 Å². The summed E-state index contributed by atoms with van der Waals surface area (Å²) in [6, 6.07) is 0. The molecular formula is C8H16Si. The monoisotopic (exact) mass is 140 g/mol. The van der Waals surface area contributed by atoms with Gasteiger partial charge >= 0.3 is 0 Å². The molecule has 52 valence electrons. The third kappa shape index (κ3) is 2.18. The molecule has 0 fully saturated rings. The Labute approximate surface area is 59.3 Å². The molecule has 0 aromatic heterocycles. The Morgan fingerprint density at radius 2 is 1.89 bits per heavy atom. The first-order valence-corrected chi connectivity index (χ1v) is 6.39. The highest BCUT2D eigenvalue weighted by molar-refractivity contribution is 6.88. The summed E-state index contributed by atoms with van der Waals surface area (Å²) in [6.07, 6.45) is 2.19. The van der Waals surface area contributed by atoms with Crippen molar-refractivity contribution < 1.29 is 0 Å². The van der Waals surface area contributed by atoms with Crippen LogP contribution in [-0.4, -0.2) is 8.07 Å². The second kappa shape index (κ2) is 3.02. The van der Waals surface area contributed by atoms with E-state index in [1.807, 2.05) is 0 Å². The van der Waals surface area contributed by atoms with E-state index in [2.05, 4.69) is 45.3 Å². The van der Waals surface area contributed by atoms with Crippen molar-refractivity contribution >= 4 is 8.07 Å². The highest BCUT2D eigenvalue weighted by Gasteiger charge is 2.16.